The Kier molecular flexibility index (Phi) is 6.16. The standard InChI is InChI=1S/C21H21N3O3S/c1-14-8-9-16(12-15(14)2)24-21(26)11-10-20(23-24)28-13-19(25)22-17-6-4-5-7-18(17)27-3/h4-12H,13H2,1-3H3,(H,22,25). The Hall–Kier alpha value is -3.06. The van der Waals surface area contributed by atoms with Gasteiger partial charge in [0, 0.05) is 6.07 Å². The van der Waals surface area contributed by atoms with Crippen molar-refractivity contribution in [1.29, 1.82) is 0 Å². The van der Waals surface area contributed by atoms with Crippen molar-refractivity contribution in [3.63, 3.8) is 0 Å². The summed E-state index contributed by atoms with van der Waals surface area (Å²) in [6.07, 6.45) is 0. The summed E-state index contributed by atoms with van der Waals surface area (Å²) < 4.78 is 6.59. The van der Waals surface area contributed by atoms with Crippen molar-refractivity contribution in [2.24, 2.45) is 0 Å². The number of aromatic nitrogens is 2. The van der Waals surface area contributed by atoms with Gasteiger partial charge in [-0.05, 0) is 55.3 Å². The van der Waals surface area contributed by atoms with Gasteiger partial charge in [-0.3, -0.25) is 9.59 Å². The summed E-state index contributed by atoms with van der Waals surface area (Å²) in [4.78, 5) is 24.5. The second-order valence-corrected chi connectivity index (χ2v) is 7.22. The second-order valence-electron chi connectivity index (χ2n) is 6.23. The summed E-state index contributed by atoms with van der Waals surface area (Å²) in [7, 11) is 1.56. The Labute approximate surface area is 167 Å². The van der Waals surface area contributed by atoms with Gasteiger partial charge in [0.15, 0.2) is 0 Å². The Morgan fingerprint density at radius 1 is 1.11 bits per heavy atom. The zero-order valence-electron chi connectivity index (χ0n) is 15.9. The van der Waals surface area contributed by atoms with E-state index in [0.717, 1.165) is 11.1 Å². The van der Waals surface area contributed by atoms with E-state index in [2.05, 4.69) is 10.4 Å². The number of carbonyl (C=O) groups is 1. The number of thioether (sulfide) groups is 1. The number of hydrogen-bond acceptors (Lipinski definition) is 5. The highest BCUT2D eigenvalue weighted by atomic mass is 32.2. The quantitative estimate of drug-likeness (QED) is 0.646. The van der Waals surface area contributed by atoms with Gasteiger partial charge in [0.25, 0.3) is 5.56 Å². The van der Waals surface area contributed by atoms with E-state index in [0.29, 0.717) is 22.2 Å². The molecule has 0 aliphatic carbocycles. The molecule has 1 heterocycles. The van der Waals surface area contributed by atoms with Gasteiger partial charge in [0.05, 0.1) is 24.2 Å². The van der Waals surface area contributed by atoms with Crippen molar-refractivity contribution in [2.45, 2.75) is 18.9 Å². The summed E-state index contributed by atoms with van der Waals surface area (Å²) >= 11 is 1.26. The van der Waals surface area contributed by atoms with E-state index in [4.69, 9.17) is 4.74 Å². The molecule has 28 heavy (non-hydrogen) atoms. The van der Waals surface area contributed by atoms with Crippen LogP contribution in [-0.4, -0.2) is 28.6 Å². The third kappa shape index (κ3) is 4.61. The molecular weight excluding hydrogens is 374 g/mol. The van der Waals surface area contributed by atoms with E-state index in [1.807, 2.05) is 44.2 Å². The third-order valence-corrected chi connectivity index (χ3v) is 5.16. The van der Waals surface area contributed by atoms with Gasteiger partial charge in [-0.2, -0.15) is 9.78 Å². The van der Waals surface area contributed by atoms with E-state index in [-0.39, 0.29) is 17.2 Å². The van der Waals surface area contributed by atoms with Crippen molar-refractivity contribution >= 4 is 23.4 Å². The third-order valence-electron chi connectivity index (χ3n) is 4.24. The van der Waals surface area contributed by atoms with Crippen LogP contribution < -0.4 is 15.6 Å². The largest absolute Gasteiger partial charge is 0.495 e. The minimum atomic E-state index is -0.217. The highest BCUT2D eigenvalue weighted by Crippen LogP contribution is 2.23. The second kappa shape index (κ2) is 8.75. The van der Waals surface area contributed by atoms with Crippen molar-refractivity contribution in [3.8, 4) is 11.4 Å². The number of para-hydroxylation sites is 2. The number of anilines is 1. The van der Waals surface area contributed by atoms with Crippen molar-refractivity contribution < 1.29 is 9.53 Å². The molecular formula is C21H21N3O3S. The molecule has 3 aromatic rings. The first kappa shape index (κ1) is 19.7. The zero-order chi connectivity index (χ0) is 20.1. The summed E-state index contributed by atoms with van der Waals surface area (Å²) in [5.74, 6) is 0.582. The fourth-order valence-corrected chi connectivity index (χ4v) is 3.24. The van der Waals surface area contributed by atoms with Crippen LogP contribution in [0.5, 0.6) is 5.75 Å². The maximum absolute atomic E-state index is 12.3. The lowest BCUT2D eigenvalue weighted by Crippen LogP contribution is -2.21. The molecule has 144 valence electrons. The monoisotopic (exact) mass is 395 g/mol. The van der Waals surface area contributed by atoms with Gasteiger partial charge in [0.2, 0.25) is 5.91 Å². The Morgan fingerprint density at radius 2 is 1.89 bits per heavy atom. The van der Waals surface area contributed by atoms with Crippen LogP contribution in [0.2, 0.25) is 0 Å². The fourth-order valence-electron chi connectivity index (χ4n) is 2.59. The van der Waals surface area contributed by atoms with Gasteiger partial charge in [-0.1, -0.05) is 30.0 Å². The van der Waals surface area contributed by atoms with Gasteiger partial charge in [0.1, 0.15) is 10.8 Å². The van der Waals surface area contributed by atoms with Crippen LogP contribution in [0, 0.1) is 13.8 Å². The summed E-state index contributed by atoms with van der Waals surface area (Å²) in [5.41, 5.74) is 3.33. The topological polar surface area (TPSA) is 73.2 Å². The van der Waals surface area contributed by atoms with Gasteiger partial charge in [-0.25, -0.2) is 0 Å². The Balaban J connectivity index is 1.72. The number of nitrogens with one attached hydrogen (secondary N) is 1. The zero-order valence-corrected chi connectivity index (χ0v) is 16.7. The van der Waals surface area contributed by atoms with Crippen LogP contribution in [-0.2, 0) is 4.79 Å². The van der Waals surface area contributed by atoms with Crippen LogP contribution in [0.15, 0.2) is 64.4 Å². The smallest absolute Gasteiger partial charge is 0.271 e. The first-order valence-electron chi connectivity index (χ1n) is 8.71. The molecule has 0 atom stereocenters. The number of carbonyl (C=O) groups excluding carboxylic acids is 1. The molecule has 0 bridgehead atoms. The average molecular weight is 395 g/mol. The molecule has 1 aromatic heterocycles. The normalized spacial score (nSPS) is 10.5. The number of hydrogen-bond donors (Lipinski definition) is 1. The van der Waals surface area contributed by atoms with E-state index >= 15 is 0 Å². The molecule has 0 fully saturated rings. The van der Waals surface area contributed by atoms with E-state index in [9.17, 15) is 9.59 Å². The van der Waals surface area contributed by atoms with E-state index in [1.54, 1.807) is 25.3 Å². The molecule has 1 amide bonds. The van der Waals surface area contributed by atoms with Crippen LogP contribution in [0.3, 0.4) is 0 Å². The van der Waals surface area contributed by atoms with E-state index < -0.39 is 0 Å². The molecule has 2 aromatic carbocycles. The summed E-state index contributed by atoms with van der Waals surface area (Å²) in [5, 5.41) is 7.80. The van der Waals surface area contributed by atoms with Crippen molar-refractivity contribution in [1.82, 2.24) is 9.78 Å². The van der Waals surface area contributed by atoms with Crippen LogP contribution in [0.25, 0.3) is 5.69 Å². The molecule has 0 aliphatic rings. The lowest BCUT2D eigenvalue weighted by atomic mass is 10.1. The number of nitrogens with zero attached hydrogens (tertiary/aromatic N) is 2. The maximum Gasteiger partial charge on any atom is 0.271 e. The number of benzene rings is 2. The van der Waals surface area contributed by atoms with Crippen molar-refractivity contribution in [3.05, 3.63) is 76.1 Å². The molecule has 6 nitrogen and oxygen atoms in total. The van der Waals surface area contributed by atoms with E-state index in [1.165, 1.54) is 22.5 Å². The highest BCUT2D eigenvalue weighted by Gasteiger charge is 2.10. The molecule has 0 unspecified atom stereocenters. The number of ether oxygens (including phenoxy) is 1. The van der Waals surface area contributed by atoms with Gasteiger partial charge < -0.3 is 10.1 Å². The fraction of sp³-hybridized carbons (Fsp3) is 0.190. The van der Waals surface area contributed by atoms with Gasteiger partial charge in [-0.15, -0.1) is 0 Å². The predicted molar refractivity (Wildman–Crippen MR) is 112 cm³/mol. The lowest BCUT2D eigenvalue weighted by molar-refractivity contribution is -0.113. The molecule has 3 rings (SSSR count). The van der Waals surface area contributed by atoms with Crippen LogP contribution >= 0.6 is 11.8 Å². The highest BCUT2D eigenvalue weighted by molar-refractivity contribution is 7.99. The first-order valence-corrected chi connectivity index (χ1v) is 9.70. The number of methoxy groups -OCH3 is 1. The number of rotatable bonds is 6. The molecule has 0 spiro atoms. The first-order chi connectivity index (χ1) is 13.5. The van der Waals surface area contributed by atoms with Crippen LogP contribution in [0.1, 0.15) is 11.1 Å². The SMILES string of the molecule is COc1ccccc1NC(=O)CSc1ccc(=O)n(-c2ccc(C)c(C)c2)n1. The Bertz CT molecular complexity index is 1060. The number of aryl methyl sites for hydroxylation is 2. The molecule has 0 saturated heterocycles. The lowest BCUT2D eigenvalue weighted by Gasteiger charge is -2.10. The molecule has 0 saturated carbocycles. The van der Waals surface area contributed by atoms with Crippen molar-refractivity contribution in [2.75, 3.05) is 18.2 Å². The Morgan fingerprint density at radius 3 is 2.64 bits per heavy atom. The molecule has 1 N–H and O–H groups in total. The molecule has 0 aliphatic heterocycles. The summed E-state index contributed by atoms with van der Waals surface area (Å²) in [6, 6.07) is 16.0. The molecule has 0 radical (unpaired) electrons. The average Bonchev–Trinajstić information content (AvgIpc) is 2.70. The summed E-state index contributed by atoms with van der Waals surface area (Å²) in [6.45, 7) is 4.01. The molecule has 7 heteroatoms. The number of amides is 1. The van der Waals surface area contributed by atoms with Gasteiger partial charge >= 0.3 is 0 Å². The maximum atomic E-state index is 12.3. The van der Waals surface area contributed by atoms with Crippen LogP contribution in [0.4, 0.5) is 5.69 Å². The predicted octanol–water partition coefficient (Wildman–Crippen LogP) is 3.59. The minimum absolute atomic E-state index is 0.163. The minimum Gasteiger partial charge on any atom is -0.495 e.